The highest BCUT2D eigenvalue weighted by molar-refractivity contribution is 5.98. The number of hydrogen-bond acceptors (Lipinski definition) is 3. The van der Waals surface area contributed by atoms with E-state index in [2.05, 4.69) is 21.2 Å². The Balaban J connectivity index is 1.28. The number of nitrogens with one attached hydrogen (secondary N) is 1. The summed E-state index contributed by atoms with van der Waals surface area (Å²) in [6, 6.07) is 15.1. The molecule has 1 unspecified atom stereocenters. The standard InChI is InChI=1S/C27H33N3O2/c1-18(2)28-26(31)20-8-6-19(7-9-20)21-10-11-25-22(16-21)12-15-30(27(25)32)24-13-14-29(17-24)23-4-3-5-23/h6-11,16,18,23-24H,3-5,12-15,17H2,1-2H3,(H,28,31). The van der Waals surface area contributed by atoms with Crippen molar-refractivity contribution in [2.45, 2.75) is 64.1 Å². The molecular formula is C27H33N3O2. The summed E-state index contributed by atoms with van der Waals surface area (Å²) >= 11 is 0. The summed E-state index contributed by atoms with van der Waals surface area (Å²) in [4.78, 5) is 30.2. The predicted octanol–water partition coefficient (Wildman–Crippen LogP) is 4.12. The molecule has 0 spiro atoms. The molecule has 0 radical (unpaired) electrons. The van der Waals surface area contributed by atoms with E-state index in [0.29, 0.717) is 11.6 Å². The molecule has 1 saturated heterocycles. The summed E-state index contributed by atoms with van der Waals surface area (Å²) in [5.74, 6) is 0.143. The van der Waals surface area contributed by atoms with Gasteiger partial charge in [-0.15, -0.1) is 0 Å². The third kappa shape index (κ3) is 4.06. The SMILES string of the molecule is CC(C)NC(=O)c1ccc(-c2ccc3c(c2)CCN(C2CCN(C4CCC4)C2)C3=O)cc1. The van der Waals surface area contributed by atoms with Crippen molar-refractivity contribution in [1.82, 2.24) is 15.1 Å². The Morgan fingerprint density at radius 2 is 1.72 bits per heavy atom. The van der Waals surface area contributed by atoms with Gasteiger partial charge in [0.25, 0.3) is 11.8 Å². The smallest absolute Gasteiger partial charge is 0.254 e. The molecule has 2 aromatic carbocycles. The van der Waals surface area contributed by atoms with Crippen LogP contribution in [0, 0.1) is 0 Å². The molecule has 0 aromatic heterocycles. The third-order valence-electron chi connectivity index (χ3n) is 7.35. The van der Waals surface area contributed by atoms with Crippen molar-refractivity contribution in [3.05, 3.63) is 59.2 Å². The molecule has 3 aliphatic rings. The minimum absolute atomic E-state index is 0.0505. The first-order chi connectivity index (χ1) is 15.5. The van der Waals surface area contributed by atoms with E-state index in [0.717, 1.165) is 60.8 Å². The first-order valence-electron chi connectivity index (χ1n) is 12.1. The van der Waals surface area contributed by atoms with E-state index in [1.54, 1.807) is 0 Å². The van der Waals surface area contributed by atoms with Gasteiger partial charge in [-0.2, -0.15) is 0 Å². The molecule has 2 aromatic rings. The molecule has 32 heavy (non-hydrogen) atoms. The molecule has 2 aliphatic heterocycles. The van der Waals surface area contributed by atoms with E-state index in [1.165, 1.54) is 19.3 Å². The van der Waals surface area contributed by atoms with Crippen molar-refractivity contribution in [3.63, 3.8) is 0 Å². The van der Waals surface area contributed by atoms with Crippen LogP contribution in [0.2, 0.25) is 0 Å². The summed E-state index contributed by atoms with van der Waals surface area (Å²) in [6.07, 6.45) is 6.03. The Hall–Kier alpha value is -2.66. The van der Waals surface area contributed by atoms with E-state index < -0.39 is 0 Å². The number of rotatable bonds is 5. The van der Waals surface area contributed by atoms with Gasteiger partial charge in [-0.05, 0) is 74.4 Å². The van der Waals surface area contributed by atoms with Gasteiger partial charge in [-0.1, -0.05) is 30.7 Å². The zero-order chi connectivity index (χ0) is 22.2. The normalized spacial score (nSPS) is 21.5. The molecule has 5 rings (SSSR count). The van der Waals surface area contributed by atoms with Gasteiger partial charge in [0.2, 0.25) is 0 Å². The van der Waals surface area contributed by atoms with Crippen LogP contribution < -0.4 is 5.32 Å². The molecule has 2 amide bonds. The monoisotopic (exact) mass is 431 g/mol. The van der Waals surface area contributed by atoms with Crippen molar-refractivity contribution in [1.29, 1.82) is 0 Å². The number of nitrogens with zero attached hydrogens (tertiary/aromatic N) is 2. The van der Waals surface area contributed by atoms with Crippen molar-refractivity contribution in [2.75, 3.05) is 19.6 Å². The van der Waals surface area contributed by atoms with Gasteiger partial charge in [-0.25, -0.2) is 0 Å². The summed E-state index contributed by atoms with van der Waals surface area (Å²) in [5, 5.41) is 2.92. The second-order valence-electron chi connectivity index (χ2n) is 9.85. The average molecular weight is 432 g/mol. The summed E-state index contributed by atoms with van der Waals surface area (Å²) in [7, 11) is 0. The lowest BCUT2D eigenvalue weighted by molar-refractivity contribution is 0.0646. The third-order valence-corrected chi connectivity index (χ3v) is 7.35. The van der Waals surface area contributed by atoms with Crippen LogP contribution in [-0.4, -0.2) is 59.4 Å². The summed E-state index contributed by atoms with van der Waals surface area (Å²) < 4.78 is 0. The van der Waals surface area contributed by atoms with Gasteiger partial charge in [0, 0.05) is 48.9 Å². The lowest BCUT2D eigenvalue weighted by atomic mass is 9.92. The van der Waals surface area contributed by atoms with Crippen LogP contribution in [0.4, 0.5) is 0 Å². The predicted molar refractivity (Wildman–Crippen MR) is 127 cm³/mol. The van der Waals surface area contributed by atoms with E-state index in [1.807, 2.05) is 50.2 Å². The molecular weight excluding hydrogens is 398 g/mol. The first-order valence-corrected chi connectivity index (χ1v) is 12.1. The highest BCUT2D eigenvalue weighted by Crippen LogP contribution is 2.32. The van der Waals surface area contributed by atoms with Gasteiger partial charge in [0.15, 0.2) is 0 Å². The van der Waals surface area contributed by atoms with E-state index >= 15 is 0 Å². The van der Waals surface area contributed by atoms with Crippen molar-refractivity contribution >= 4 is 11.8 Å². The topological polar surface area (TPSA) is 52.7 Å². The van der Waals surface area contributed by atoms with Gasteiger partial charge in [0.05, 0.1) is 0 Å². The highest BCUT2D eigenvalue weighted by Gasteiger charge is 2.37. The number of fused-ring (bicyclic) bond motifs is 1. The second kappa shape index (κ2) is 8.70. The molecule has 0 bridgehead atoms. The van der Waals surface area contributed by atoms with E-state index in [4.69, 9.17) is 0 Å². The number of hydrogen-bond donors (Lipinski definition) is 1. The van der Waals surface area contributed by atoms with Crippen LogP contribution >= 0.6 is 0 Å². The van der Waals surface area contributed by atoms with Crippen LogP contribution in [0.1, 0.15) is 65.8 Å². The van der Waals surface area contributed by atoms with E-state index in [9.17, 15) is 9.59 Å². The molecule has 5 nitrogen and oxygen atoms in total. The largest absolute Gasteiger partial charge is 0.350 e. The zero-order valence-electron chi connectivity index (χ0n) is 19.1. The van der Waals surface area contributed by atoms with Gasteiger partial charge < -0.3 is 10.2 Å². The van der Waals surface area contributed by atoms with Crippen LogP contribution in [0.3, 0.4) is 0 Å². The van der Waals surface area contributed by atoms with Crippen molar-refractivity contribution in [3.8, 4) is 11.1 Å². The quantitative estimate of drug-likeness (QED) is 0.775. The van der Waals surface area contributed by atoms with Crippen LogP contribution in [-0.2, 0) is 6.42 Å². The molecule has 5 heteroatoms. The Labute approximate surface area is 190 Å². The second-order valence-corrected chi connectivity index (χ2v) is 9.85. The molecule has 2 heterocycles. The maximum Gasteiger partial charge on any atom is 0.254 e. The average Bonchev–Trinajstić information content (AvgIpc) is 3.21. The van der Waals surface area contributed by atoms with Crippen LogP contribution in [0.25, 0.3) is 11.1 Å². The van der Waals surface area contributed by atoms with Crippen LogP contribution in [0.5, 0.6) is 0 Å². The summed E-state index contributed by atoms with van der Waals surface area (Å²) in [6.45, 7) is 6.90. The lowest BCUT2D eigenvalue weighted by Crippen LogP contribution is -2.47. The Bertz CT molecular complexity index is 1010. The molecule has 1 aliphatic carbocycles. The van der Waals surface area contributed by atoms with Crippen molar-refractivity contribution < 1.29 is 9.59 Å². The maximum absolute atomic E-state index is 13.3. The van der Waals surface area contributed by atoms with Crippen LogP contribution in [0.15, 0.2) is 42.5 Å². The summed E-state index contributed by atoms with van der Waals surface area (Å²) in [5.41, 5.74) is 4.82. The minimum Gasteiger partial charge on any atom is -0.350 e. The fourth-order valence-electron chi connectivity index (χ4n) is 5.30. The lowest BCUT2D eigenvalue weighted by Gasteiger charge is -2.37. The molecule has 2 fully saturated rings. The number of amides is 2. The Morgan fingerprint density at radius 3 is 2.41 bits per heavy atom. The first kappa shape index (κ1) is 21.2. The minimum atomic E-state index is -0.0505. The van der Waals surface area contributed by atoms with E-state index in [-0.39, 0.29) is 17.9 Å². The Kier molecular flexibility index (Phi) is 5.76. The zero-order valence-corrected chi connectivity index (χ0v) is 19.1. The molecule has 168 valence electrons. The number of likely N-dealkylation sites (tertiary alicyclic amines) is 1. The van der Waals surface area contributed by atoms with Crippen molar-refractivity contribution in [2.24, 2.45) is 0 Å². The number of benzene rings is 2. The maximum atomic E-state index is 13.3. The number of carbonyl (C=O) groups excluding carboxylic acids is 2. The molecule has 1 N–H and O–H groups in total. The number of carbonyl (C=O) groups is 2. The molecule has 1 saturated carbocycles. The Morgan fingerprint density at radius 1 is 0.969 bits per heavy atom. The van der Waals surface area contributed by atoms with Gasteiger partial charge in [0.1, 0.15) is 0 Å². The van der Waals surface area contributed by atoms with Gasteiger partial charge in [-0.3, -0.25) is 14.5 Å². The molecule has 1 atom stereocenters. The highest BCUT2D eigenvalue weighted by atomic mass is 16.2. The fourth-order valence-corrected chi connectivity index (χ4v) is 5.30. The van der Waals surface area contributed by atoms with Gasteiger partial charge >= 0.3 is 0 Å². The fraction of sp³-hybridized carbons (Fsp3) is 0.481.